The Hall–Kier alpha value is 0.608. The van der Waals surface area contributed by atoms with E-state index in [0.717, 1.165) is 26.2 Å². The van der Waals surface area contributed by atoms with E-state index < -0.39 is 0 Å². The Morgan fingerprint density at radius 1 is 1.36 bits per heavy atom. The molecule has 1 aliphatic heterocycles. The summed E-state index contributed by atoms with van der Waals surface area (Å²) in [6.45, 7) is 18.8. The zero-order chi connectivity index (χ0) is 10.7. The molecule has 0 aromatic heterocycles. The van der Waals surface area contributed by atoms with E-state index in [1.54, 1.807) is 6.92 Å². The molecule has 0 amide bonds. The molecule has 1 atom stereocenters. The van der Waals surface area contributed by atoms with Crippen molar-refractivity contribution in [3.63, 3.8) is 0 Å². The van der Waals surface area contributed by atoms with Gasteiger partial charge in [-0.2, -0.15) is 6.92 Å². The van der Waals surface area contributed by atoms with Crippen molar-refractivity contribution in [1.29, 1.82) is 0 Å². The van der Waals surface area contributed by atoms with Gasteiger partial charge >= 0.3 is 21.1 Å². The van der Waals surface area contributed by atoms with Crippen molar-refractivity contribution in [2.45, 2.75) is 33.8 Å². The van der Waals surface area contributed by atoms with E-state index in [1.807, 2.05) is 13.8 Å². The Labute approximate surface area is 105 Å². The minimum atomic E-state index is 0. The number of morpholine rings is 1. The Morgan fingerprint density at radius 3 is 2.14 bits per heavy atom. The van der Waals surface area contributed by atoms with Crippen molar-refractivity contribution in [1.82, 2.24) is 4.90 Å². The first kappa shape index (κ1) is 20.1. The normalized spacial score (nSPS) is 20.6. The van der Waals surface area contributed by atoms with Gasteiger partial charge < -0.3 is 23.5 Å². The van der Waals surface area contributed by atoms with Crippen LogP contribution in [0.15, 0.2) is 0 Å². The van der Waals surface area contributed by atoms with Crippen LogP contribution in [0.25, 0.3) is 0 Å². The number of hydrogen-bond acceptors (Lipinski definition) is 2. The third-order valence-electron chi connectivity index (χ3n) is 1.64. The van der Waals surface area contributed by atoms with E-state index in [-0.39, 0.29) is 21.1 Å². The summed E-state index contributed by atoms with van der Waals surface area (Å²) in [5.74, 6) is 0. The van der Waals surface area contributed by atoms with Gasteiger partial charge in [-0.1, -0.05) is 13.8 Å². The standard InChI is InChI=1S/C7H14NO.C2H6.C2H5.W/c1-3-8-4-5-9-7(2)6-8;2*1-2;/h7H,1,3-6H2,2H3;1-2H3;1H2,2H3;/q-1;;-1;+2. The SMILES string of the molecule is CC.[CH2-]C.[CH2-]CN1CCOC(C)C1.[W+2]. The van der Waals surface area contributed by atoms with Crippen molar-refractivity contribution in [2.24, 2.45) is 0 Å². The van der Waals surface area contributed by atoms with Crippen LogP contribution in [0.2, 0.25) is 0 Å². The number of ether oxygens (including phenoxy) is 1. The number of rotatable bonds is 1. The van der Waals surface area contributed by atoms with Gasteiger partial charge in [-0.05, 0) is 6.92 Å². The maximum absolute atomic E-state index is 5.34. The van der Waals surface area contributed by atoms with Gasteiger partial charge in [0.25, 0.3) is 0 Å². The molecule has 0 spiro atoms. The zero-order valence-corrected chi connectivity index (χ0v) is 13.0. The van der Waals surface area contributed by atoms with Crippen LogP contribution >= 0.6 is 0 Å². The minimum Gasteiger partial charge on any atom is -0.376 e. The molecule has 0 aromatic rings. The molecular weight excluding hydrogens is 346 g/mol. The molecule has 0 radical (unpaired) electrons. The van der Waals surface area contributed by atoms with Crippen LogP contribution < -0.4 is 0 Å². The maximum atomic E-state index is 5.34. The van der Waals surface area contributed by atoms with E-state index in [4.69, 9.17) is 4.74 Å². The maximum Gasteiger partial charge on any atom is 2.00 e. The van der Waals surface area contributed by atoms with Gasteiger partial charge in [0, 0.05) is 13.1 Å². The number of nitrogens with zero attached hydrogens (tertiary/aromatic N) is 1. The second-order valence-corrected chi connectivity index (χ2v) is 2.48. The summed E-state index contributed by atoms with van der Waals surface area (Å²) in [6, 6.07) is 0. The molecule has 0 aliphatic carbocycles. The molecule has 0 aromatic carbocycles. The molecule has 0 saturated carbocycles. The quantitative estimate of drug-likeness (QED) is 0.657. The Kier molecular flexibility index (Phi) is 23.0. The average molecular weight is 371 g/mol. The van der Waals surface area contributed by atoms with Crippen molar-refractivity contribution < 1.29 is 25.8 Å². The predicted molar refractivity (Wildman–Crippen MR) is 59.6 cm³/mol. The summed E-state index contributed by atoms with van der Waals surface area (Å²) in [5.41, 5.74) is 0. The first-order chi connectivity index (χ1) is 6.33. The zero-order valence-electron chi connectivity index (χ0n) is 10.1. The van der Waals surface area contributed by atoms with E-state index in [0.29, 0.717) is 6.10 Å². The molecule has 86 valence electrons. The fourth-order valence-electron chi connectivity index (χ4n) is 1.09. The van der Waals surface area contributed by atoms with E-state index >= 15 is 0 Å². The fraction of sp³-hybridized carbons (Fsp3) is 0.818. The molecule has 0 bridgehead atoms. The van der Waals surface area contributed by atoms with Crippen LogP contribution in [0.1, 0.15) is 27.7 Å². The fourth-order valence-corrected chi connectivity index (χ4v) is 1.09. The summed E-state index contributed by atoms with van der Waals surface area (Å²) in [4.78, 5) is 2.30. The molecule has 2 nitrogen and oxygen atoms in total. The largest absolute Gasteiger partial charge is 2.00 e. The monoisotopic (exact) mass is 371 g/mol. The van der Waals surface area contributed by atoms with Crippen molar-refractivity contribution >= 4 is 0 Å². The van der Waals surface area contributed by atoms with Crippen molar-refractivity contribution in [3.05, 3.63) is 13.8 Å². The molecule has 3 heteroatoms. The predicted octanol–water partition coefficient (Wildman–Crippen LogP) is 2.41. The Balaban J connectivity index is -0.000000216. The number of hydrogen-bond donors (Lipinski definition) is 0. The van der Waals surface area contributed by atoms with Gasteiger partial charge in [-0.3, -0.25) is 0 Å². The van der Waals surface area contributed by atoms with Gasteiger partial charge in [-0.15, -0.1) is 6.54 Å². The van der Waals surface area contributed by atoms with Gasteiger partial charge in [0.2, 0.25) is 0 Å². The average Bonchev–Trinajstić information content (AvgIpc) is 2.24. The Bertz CT molecular complexity index is 91.4. The molecule has 0 N–H and O–H groups in total. The topological polar surface area (TPSA) is 12.5 Å². The van der Waals surface area contributed by atoms with Crippen molar-refractivity contribution in [2.75, 3.05) is 26.2 Å². The van der Waals surface area contributed by atoms with Crippen LogP contribution in [0, 0.1) is 13.8 Å². The first-order valence-electron chi connectivity index (χ1n) is 5.17. The molecule has 1 aliphatic rings. The van der Waals surface area contributed by atoms with Gasteiger partial charge in [-0.25, -0.2) is 0 Å². The van der Waals surface area contributed by atoms with E-state index in [1.165, 1.54) is 0 Å². The third kappa shape index (κ3) is 10.7. The molecule has 1 rings (SSSR count). The molecule has 1 saturated heterocycles. The second kappa shape index (κ2) is 16.1. The van der Waals surface area contributed by atoms with E-state index in [2.05, 4.69) is 25.7 Å². The van der Waals surface area contributed by atoms with Gasteiger partial charge in [0.05, 0.1) is 12.7 Å². The Morgan fingerprint density at radius 2 is 1.86 bits per heavy atom. The van der Waals surface area contributed by atoms with Crippen LogP contribution in [0.4, 0.5) is 0 Å². The van der Waals surface area contributed by atoms with Gasteiger partial charge in [0.15, 0.2) is 0 Å². The van der Waals surface area contributed by atoms with Gasteiger partial charge in [0.1, 0.15) is 0 Å². The molecule has 1 fully saturated rings. The second-order valence-electron chi connectivity index (χ2n) is 2.48. The summed E-state index contributed by atoms with van der Waals surface area (Å²) < 4.78 is 5.34. The van der Waals surface area contributed by atoms with Crippen LogP contribution in [-0.2, 0) is 25.8 Å². The minimum absolute atomic E-state index is 0. The molecule has 14 heavy (non-hydrogen) atoms. The molecular formula is C11H25NOW. The molecule has 1 unspecified atom stereocenters. The summed E-state index contributed by atoms with van der Waals surface area (Å²) in [7, 11) is 0. The summed E-state index contributed by atoms with van der Waals surface area (Å²) in [6.07, 6.45) is 0.403. The van der Waals surface area contributed by atoms with Crippen LogP contribution in [0.5, 0.6) is 0 Å². The van der Waals surface area contributed by atoms with Crippen molar-refractivity contribution in [3.8, 4) is 0 Å². The smallest absolute Gasteiger partial charge is 0.376 e. The van der Waals surface area contributed by atoms with E-state index in [9.17, 15) is 0 Å². The summed E-state index contributed by atoms with van der Waals surface area (Å²) in [5, 5.41) is 0. The first-order valence-corrected chi connectivity index (χ1v) is 5.17. The van der Waals surface area contributed by atoms with Crippen LogP contribution in [0.3, 0.4) is 0 Å². The third-order valence-corrected chi connectivity index (χ3v) is 1.64. The summed E-state index contributed by atoms with van der Waals surface area (Å²) >= 11 is 0. The molecule has 1 heterocycles. The van der Waals surface area contributed by atoms with Crippen LogP contribution in [-0.4, -0.2) is 37.2 Å².